The van der Waals surface area contributed by atoms with Crippen LogP contribution in [0.25, 0.3) is 0 Å². The maximum atomic E-state index is 10.7. The first-order valence-electron chi connectivity index (χ1n) is 4.43. The lowest BCUT2D eigenvalue weighted by Gasteiger charge is -2.15. The number of carbonyl (C=O) groups excluding carboxylic acids is 1. The van der Waals surface area contributed by atoms with E-state index in [0.717, 1.165) is 17.7 Å². The third-order valence-corrected chi connectivity index (χ3v) is 1.93. The molecule has 0 spiro atoms. The zero-order valence-electron chi connectivity index (χ0n) is 8.10. The number of amides is 1. The van der Waals surface area contributed by atoms with Crippen molar-refractivity contribution in [2.24, 2.45) is 0 Å². The Bertz CT molecular complexity index is 355. The zero-order valence-corrected chi connectivity index (χ0v) is 8.10. The molecular weight excluding hydrogens is 176 g/mol. The number of carbonyl (C=O) groups is 1. The number of anilines is 1. The second-order valence-corrected chi connectivity index (χ2v) is 3.05. The van der Waals surface area contributed by atoms with Crippen molar-refractivity contribution < 1.29 is 4.79 Å². The Balaban J connectivity index is 2.79. The molecule has 0 N–H and O–H groups in total. The average molecular weight is 188 g/mol. The van der Waals surface area contributed by atoms with Crippen molar-refractivity contribution in [3.63, 3.8) is 0 Å². The van der Waals surface area contributed by atoms with E-state index in [1.165, 1.54) is 4.90 Å². The largest absolute Gasteiger partial charge is 0.314 e. The molecule has 0 unspecified atom stereocenters. The Kier molecular flexibility index (Phi) is 3.69. The molecule has 0 aliphatic heterocycles. The Labute approximate surface area is 83.6 Å². The SMILES string of the molecule is Cc1cccc(N(C=O)CCC#N)c1. The molecule has 0 atom stereocenters. The van der Waals surface area contributed by atoms with Crippen molar-refractivity contribution in [3.05, 3.63) is 29.8 Å². The Morgan fingerprint density at radius 2 is 2.36 bits per heavy atom. The molecule has 14 heavy (non-hydrogen) atoms. The third-order valence-electron chi connectivity index (χ3n) is 1.93. The highest BCUT2D eigenvalue weighted by atomic mass is 16.1. The molecule has 0 saturated heterocycles. The number of nitrogens with zero attached hydrogens (tertiary/aromatic N) is 2. The van der Waals surface area contributed by atoms with Gasteiger partial charge in [-0.3, -0.25) is 4.79 Å². The van der Waals surface area contributed by atoms with Gasteiger partial charge in [0.05, 0.1) is 12.5 Å². The number of nitriles is 1. The lowest BCUT2D eigenvalue weighted by molar-refractivity contribution is -0.107. The summed E-state index contributed by atoms with van der Waals surface area (Å²) >= 11 is 0. The lowest BCUT2D eigenvalue weighted by Crippen LogP contribution is -2.21. The number of benzene rings is 1. The molecule has 0 aliphatic carbocycles. The fraction of sp³-hybridized carbons (Fsp3) is 0.273. The van der Waals surface area contributed by atoms with Gasteiger partial charge in [-0.25, -0.2) is 0 Å². The van der Waals surface area contributed by atoms with Gasteiger partial charge in [-0.1, -0.05) is 12.1 Å². The summed E-state index contributed by atoms with van der Waals surface area (Å²) in [5, 5.41) is 8.42. The smallest absolute Gasteiger partial charge is 0.214 e. The van der Waals surface area contributed by atoms with E-state index in [9.17, 15) is 4.79 Å². The molecule has 1 aromatic carbocycles. The maximum Gasteiger partial charge on any atom is 0.214 e. The van der Waals surface area contributed by atoms with Crippen molar-refractivity contribution in [1.82, 2.24) is 0 Å². The summed E-state index contributed by atoms with van der Waals surface area (Å²) in [5.74, 6) is 0. The first kappa shape index (κ1) is 10.3. The van der Waals surface area contributed by atoms with Crippen LogP contribution >= 0.6 is 0 Å². The quantitative estimate of drug-likeness (QED) is 0.677. The summed E-state index contributed by atoms with van der Waals surface area (Å²) in [7, 11) is 0. The van der Waals surface area contributed by atoms with Crippen LogP contribution in [0, 0.1) is 18.3 Å². The molecule has 0 saturated carbocycles. The van der Waals surface area contributed by atoms with Crippen molar-refractivity contribution in [2.45, 2.75) is 13.3 Å². The van der Waals surface area contributed by atoms with Gasteiger partial charge in [0.1, 0.15) is 0 Å². The molecule has 1 rings (SSSR count). The average Bonchev–Trinajstić information content (AvgIpc) is 2.19. The lowest BCUT2D eigenvalue weighted by atomic mass is 10.2. The normalized spacial score (nSPS) is 9.14. The summed E-state index contributed by atoms with van der Waals surface area (Å²) in [6.45, 7) is 2.42. The summed E-state index contributed by atoms with van der Waals surface area (Å²) in [6, 6.07) is 9.66. The summed E-state index contributed by atoms with van der Waals surface area (Å²) in [6.07, 6.45) is 1.11. The minimum Gasteiger partial charge on any atom is -0.314 e. The number of hydrogen-bond acceptors (Lipinski definition) is 2. The Morgan fingerprint density at radius 1 is 1.57 bits per heavy atom. The van der Waals surface area contributed by atoms with E-state index in [1.807, 2.05) is 37.3 Å². The second-order valence-electron chi connectivity index (χ2n) is 3.05. The van der Waals surface area contributed by atoms with Gasteiger partial charge in [0.15, 0.2) is 0 Å². The van der Waals surface area contributed by atoms with Gasteiger partial charge in [0.25, 0.3) is 0 Å². The van der Waals surface area contributed by atoms with Crippen LogP contribution in [0.5, 0.6) is 0 Å². The molecule has 0 fully saturated rings. The van der Waals surface area contributed by atoms with E-state index in [4.69, 9.17) is 5.26 Å². The first-order valence-corrected chi connectivity index (χ1v) is 4.43. The van der Waals surface area contributed by atoms with Gasteiger partial charge in [-0.2, -0.15) is 5.26 Å². The van der Waals surface area contributed by atoms with E-state index in [2.05, 4.69) is 0 Å². The molecule has 1 aromatic rings. The van der Waals surface area contributed by atoms with E-state index in [0.29, 0.717) is 13.0 Å². The van der Waals surface area contributed by atoms with Gasteiger partial charge < -0.3 is 4.90 Å². The van der Waals surface area contributed by atoms with Crippen LogP contribution in [0.2, 0.25) is 0 Å². The summed E-state index contributed by atoms with van der Waals surface area (Å²) in [4.78, 5) is 12.3. The van der Waals surface area contributed by atoms with Crippen LogP contribution in [0.3, 0.4) is 0 Å². The van der Waals surface area contributed by atoms with E-state index in [-0.39, 0.29) is 0 Å². The van der Waals surface area contributed by atoms with Gasteiger partial charge in [-0.15, -0.1) is 0 Å². The van der Waals surface area contributed by atoms with Crippen molar-refractivity contribution >= 4 is 12.1 Å². The van der Waals surface area contributed by atoms with E-state index >= 15 is 0 Å². The van der Waals surface area contributed by atoms with Crippen LogP contribution in [-0.2, 0) is 4.79 Å². The molecule has 0 heterocycles. The number of hydrogen-bond donors (Lipinski definition) is 0. The van der Waals surface area contributed by atoms with Crippen LogP contribution in [0.4, 0.5) is 5.69 Å². The fourth-order valence-corrected chi connectivity index (χ4v) is 1.22. The predicted molar refractivity (Wildman–Crippen MR) is 54.8 cm³/mol. The van der Waals surface area contributed by atoms with Crippen molar-refractivity contribution in [2.75, 3.05) is 11.4 Å². The van der Waals surface area contributed by atoms with Crippen LogP contribution in [0.1, 0.15) is 12.0 Å². The molecule has 0 aromatic heterocycles. The molecular formula is C11H12N2O. The van der Waals surface area contributed by atoms with Crippen LogP contribution in [0.15, 0.2) is 24.3 Å². The Morgan fingerprint density at radius 3 is 2.93 bits per heavy atom. The Hall–Kier alpha value is -1.82. The summed E-state index contributed by atoms with van der Waals surface area (Å²) < 4.78 is 0. The van der Waals surface area contributed by atoms with Crippen LogP contribution < -0.4 is 4.90 Å². The molecule has 1 amide bonds. The first-order chi connectivity index (χ1) is 6.77. The highest BCUT2D eigenvalue weighted by molar-refractivity contribution is 5.75. The molecule has 0 aliphatic rings. The van der Waals surface area contributed by atoms with Gasteiger partial charge in [0.2, 0.25) is 6.41 Å². The van der Waals surface area contributed by atoms with Crippen molar-refractivity contribution in [3.8, 4) is 6.07 Å². The standard InChI is InChI=1S/C11H12N2O/c1-10-4-2-5-11(8-10)13(9-14)7-3-6-12/h2,4-5,8-9H,3,7H2,1H3. The predicted octanol–water partition coefficient (Wildman–Crippen LogP) is 1.87. The van der Waals surface area contributed by atoms with E-state index in [1.54, 1.807) is 0 Å². The maximum absolute atomic E-state index is 10.7. The number of rotatable bonds is 4. The van der Waals surface area contributed by atoms with Crippen LogP contribution in [-0.4, -0.2) is 13.0 Å². The minimum absolute atomic E-state index is 0.354. The monoisotopic (exact) mass is 188 g/mol. The van der Waals surface area contributed by atoms with E-state index < -0.39 is 0 Å². The third kappa shape index (κ3) is 2.60. The summed E-state index contributed by atoms with van der Waals surface area (Å²) in [5.41, 5.74) is 1.95. The second kappa shape index (κ2) is 5.03. The van der Waals surface area contributed by atoms with Gasteiger partial charge in [-0.05, 0) is 24.6 Å². The topological polar surface area (TPSA) is 44.1 Å². The molecule has 0 bridgehead atoms. The minimum atomic E-state index is 0.354. The van der Waals surface area contributed by atoms with Crippen molar-refractivity contribution in [1.29, 1.82) is 5.26 Å². The highest BCUT2D eigenvalue weighted by Crippen LogP contribution is 2.14. The van der Waals surface area contributed by atoms with Gasteiger partial charge in [0, 0.05) is 12.2 Å². The molecule has 3 heteroatoms. The number of aryl methyl sites for hydroxylation is 1. The zero-order chi connectivity index (χ0) is 10.4. The fourth-order valence-electron chi connectivity index (χ4n) is 1.22. The molecule has 0 radical (unpaired) electrons. The molecule has 72 valence electrons. The molecule has 3 nitrogen and oxygen atoms in total. The van der Waals surface area contributed by atoms with Gasteiger partial charge >= 0.3 is 0 Å². The highest BCUT2D eigenvalue weighted by Gasteiger charge is 2.03.